The Balaban J connectivity index is 1.77. The zero-order chi connectivity index (χ0) is 14.4. The van der Waals surface area contributed by atoms with E-state index in [0.717, 1.165) is 29.9 Å². The number of Topliss-reactive ketones (excluding diaryl/α,β-unsaturated/α-hetero) is 1. The first-order valence-electron chi connectivity index (χ1n) is 7.32. The Bertz CT molecular complexity index is 814. The largest absolute Gasteiger partial charge is 0.349 e. The van der Waals surface area contributed by atoms with Gasteiger partial charge in [-0.3, -0.25) is 4.79 Å². The van der Waals surface area contributed by atoms with Crippen LogP contribution in [0.25, 0.3) is 10.9 Å². The van der Waals surface area contributed by atoms with Crippen molar-refractivity contribution in [3.05, 3.63) is 53.7 Å². The fraction of sp³-hybridized carbons (Fsp3) is 0.294. The number of fused-ring (bicyclic) bond motifs is 3. The van der Waals surface area contributed by atoms with E-state index in [9.17, 15) is 4.79 Å². The number of nitrogens with zero attached hydrogens (tertiary/aromatic N) is 2. The van der Waals surface area contributed by atoms with Crippen molar-refractivity contribution >= 4 is 16.7 Å². The molecule has 1 atom stereocenters. The van der Waals surface area contributed by atoms with Crippen LogP contribution in [-0.2, 0) is 19.9 Å². The van der Waals surface area contributed by atoms with E-state index in [4.69, 9.17) is 0 Å². The normalized spacial score (nSPS) is 18.1. The van der Waals surface area contributed by atoms with Crippen LogP contribution in [-0.4, -0.2) is 20.3 Å². The Hall–Kier alpha value is -2.36. The van der Waals surface area contributed by atoms with E-state index < -0.39 is 0 Å². The number of H-pyrrole nitrogens is 1. The molecule has 0 fully saturated rings. The summed E-state index contributed by atoms with van der Waals surface area (Å²) in [6.45, 7) is 0. The molecule has 1 aromatic carbocycles. The van der Waals surface area contributed by atoms with Gasteiger partial charge in [-0.1, -0.05) is 18.2 Å². The standard InChI is InChI=1S/C17H17N3O/c1-20-14-5-3-2-4-12(14)13-8-11(9-15(21)17(13)20)10-16-18-6-7-19-16/h2-7,11H,8-10H2,1H3,(H,18,19). The van der Waals surface area contributed by atoms with E-state index >= 15 is 0 Å². The molecule has 4 nitrogen and oxygen atoms in total. The molecule has 3 aromatic rings. The van der Waals surface area contributed by atoms with Crippen LogP contribution >= 0.6 is 0 Å². The summed E-state index contributed by atoms with van der Waals surface area (Å²) >= 11 is 0. The number of imidazole rings is 1. The first-order valence-corrected chi connectivity index (χ1v) is 7.32. The summed E-state index contributed by atoms with van der Waals surface area (Å²) in [5.74, 6) is 1.56. The van der Waals surface area contributed by atoms with Gasteiger partial charge in [-0.15, -0.1) is 0 Å². The maximum Gasteiger partial charge on any atom is 0.179 e. The van der Waals surface area contributed by atoms with Crippen molar-refractivity contribution in [2.45, 2.75) is 19.3 Å². The molecule has 4 rings (SSSR count). The van der Waals surface area contributed by atoms with Gasteiger partial charge in [-0.25, -0.2) is 4.98 Å². The van der Waals surface area contributed by atoms with Gasteiger partial charge in [-0.05, 0) is 24.0 Å². The minimum atomic E-state index is 0.256. The minimum absolute atomic E-state index is 0.256. The summed E-state index contributed by atoms with van der Waals surface area (Å²) in [5.41, 5.74) is 3.25. The van der Waals surface area contributed by atoms with Gasteiger partial charge in [0.1, 0.15) is 5.82 Å². The smallest absolute Gasteiger partial charge is 0.179 e. The van der Waals surface area contributed by atoms with Gasteiger partial charge in [0.2, 0.25) is 0 Å². The number of aromatic amines is 1. The quantitative estimate of drug-likeness (QED) is 0.784. The third kappa shape index (κ3) is 1.90. The first kappa shape index (κ1) is 12.4. The third-order valence-electron chi connectivity index (χ3n) is 4.48. The monoisotopic (exact) mass is 279 g/mol. The molecule has 1 N–H and O–H groups in total. The SMILES string of the molecule is Cn1c2c(c3ccccc31)CC(Cc1ncc[nH]1)CC2=O. The highest BCUT2D eigenvalue weighted by molar-refractivity contribution is 6.04. The number of benzene rings is 1. The number of aromatic nitrogens is 3. The Morgan fingerprint density at radius 1 is 1.33 bits per heavy atom. The van der Waals surface area contributed by atoms with Crippen LogP contribution in [0, 0.1) is 5.92 Å². The molecule has 1 unspecified atom stereocenters. The van der Waals surface area contributed by atoms with Crippen LogP contribution < -0.4 is 0 Å². The molecule has 1 aliphatic rings. The van der Waals surface area contributed by atoms with Gasteiger partial charge >= 0.3 is 0 Å². The maximum absolute atomic E-state index is 12.6. The summed E-state index contributed by atoms with van der Waals surface area (Å²) in [6.07, 6.45) is 6.00. The Morgan fingerprint density at radius 2 is 2.19 bits per heavy atom. The van der Waals surface area contributed by atoms with Crippen LogP contribution in [0.3, 0.4) is 0 Å². The lowest BCUT2D eigenvalue weighted by Crippen LogP contribution is -2.23. The molecule has 4 heteroatoms. The second-order valence-electron chi connectivity index (χ2n) is 5.84. The van der Waals surface area contributed by atoms with Crippen molar-refractivity contribution < 1.29 is 4.79 Å². The molecule has 0 saturated heterocycles. The predicted octanol–water partition coefficient (Wildman–Crippen LogP) is 2.89. The highest BCUT2D eigenvalue weighted by atomic mass is 16.1. The molecule has 2 aromatic heterocycles. The summed E-state index contributed by atoms with van der Waals surface area (Å²) in [4.78, 5) is 20.0. The summed E-state index contributed by atoms with van der Waals surface area (Å²) in [5, 5.41) is 1.22. The molecule has 2 heterocycles. The number of ketones is 1. The van der Waals surface area contributed by atoms with Crippen LogP contribution in [0.4, 0.5) is 0 Å². The fourth-order valence-corrected chi connectivity index (χ4v) is 3.58. The van der Waals surface area contributed by atoms with Crippen molar-refractivity contribution in [3.8, 4) is 0 Å². The molecular weight excluding hydrogens is 262 g/mol. The van der Waals surface area contributed by atoms with Gasteiger partial charge in [-0.2, -0.15) is 0 Å². The summed E-state index contributed by atoms with van der Waals surface area (Å²) in [6, 6.07) is 8.28. The second-order valence-corrected chi connectivity index (χ2v) is 5.84. The van der Waals surface area contributed by atoms with E-state index in [0.29, 0.717) is 12.3 Å². The molecule has 0 saturated carbocycles. The summed E-state index contributed by atoms with van der Waals surface area (Å²) < 4.78 is 2.05. The highest BCUT2D eigenvalue weighted by Gasteiger charge is 2.30. The summed E-state index contributed by atoms with van der Waals surface area (Å²) in [7, 11) is 1.99. The molecule has 0 amide bonds. The van der Waals surface area contributed by atoms with Gasteiger partial charge in [0.15, 0.2) is 5.78 Å². The lowest BCUT2D eigenvalue weighted by atomic mass is 9.83. The van der Waals surface area contributed by atoms with Crippen LogP contribution in [0.2, 0.25) is 0 Å². The van der Waals surface area contributed by atoms with Crippen LogP contribution in [0.1, 0.15) is 28.3 Å². The van der Waals surface area contributed by atoms with E-state index in [-0.39, 0.29) is 5.78 Å². The average molecular weight is 279 g/mol. The zero-order valence-electron chi connectivity index (χ0n) is 12.0. The number of aryl methyl sites for hydroxylation is 1. The first-order chi connectivity index (χ1) is 10.2. The Kier molecular flexibility index (Phi) is 2.70. The van der Waals surface area contributed by atoms with E-state index in [1.165, 1.54) is 10.9 Å². The molecule has 0 radical (unpaired) electrons. The average Bonchev–Trinajstić information content (AvgIpc) is 3.08. The molecule has 1 aliphatic carbocycles. The zero-order valence-corrected chi connectivity index (χ0v) is 12.0. The predicted molar refractivity (Wildman–Crippen MR) is 81.4 cm³/mol. The van der Waals surface area contributed by atoms with E-state index in [1.54, 1.807) is 6.20 Å². The fourth-order valence-electron chi connectivity index (χ4n) is 3.58. The second kappa shape index (κ2) is 4.58. The number of rotatable bonds is 2. The molecule has 0 aliphatic heterocycles. The van der Waals surface area contributed by atoms with E-state index in [1.807, 2.05) is 25.4 Å². The maximum atomic E-state index is 12.6. The third-order valence-corrected chi connectivity index (χ3v) is 4.48. The lowest BCUT2D eigenvalue weighted by molar-refractivity contribution is 0.0940. The van der Waals surface area contributed by atoms with Gasteiger partial charge in [0.25, 0.3) is 0 Å². The lowest BCUT2D eigenvalue weighted by Gasteiger charge is -2.21. The Morgan fingerprint density at radius 3 is 3.00 bits per heavy atom. The van der Waals surface area contributed by atoms with Gasteiger partial charge in [0.05, 0.1) is 5.69 Å². The van der Waals surface area contributed by atoms with E-state index in [2.05, 4.69) is 26.7 Å². The minimum Gasteiger partial charge on any atom is -0.349 e. The number of hydrogen-bond donors (Lipinski definition) is 1. The van der Waals surface area contributed by atoms with Crippen molar-refractivity contribution in [3.63, 3.8) is 0 Å². The number of para-hydroxylation sites is 1. The molecule has 0 bridgehead atoms. The molecule has 0 spiro atoms. The molecular formula is C17H17N3O. The van der Waals surface area contributed by atoms with Gasteiger partial charge < -0.3 is 9.55 Å². The van der Waals surface area contributed by atoms with Crippen molar-refractivity contribution in [1.82, 2.24) is 14.5 Å². The molecule has 106 valence electrons. The van der Waals surface area contributed by atoms with Gasteiger partial charge in [0, 0.05) is 43.2 Å². The van der Waals surface area contributed by atoms with Crippen molar-refractivity contribution in [2.75, 3.05) is 0 Å². The van der Waals surface area contributed by atoms with Crippen LogP contribution in [0.5, 0.6) is 0 Å². The number of hydrogen-bond acceptors (Lipinski definition) is 2. The number of carbonyl (C=O) groups excluding carboxylic acids is 1. The molecule has 21 heavy (non-hydrogen) atoms. The topological polar surface area (TPSA) is 50.7 Å². The van der Waals surface area contributed by atoms with Crippen LogP contribution in [0.15, 0.2) is 36.7 Å². The van der Waals surface area contributed by atoms with Crippen molar-refractivity contribution in [2.24, 2.45) is 13.0 Å². The van der Waals surface area contributed by atoms with Crippen molar-refractivity contribution in [1.29, 1.82) is 0 Å². The number of carbonyl (C=O) groups is 1. The number of nitrogens with one attached hydrogen (secondary N) is 1. The highest BCUT2D eigenvalue weighted by Crippen LogP contribution is 2.34. The Labute approximate surface area is 122 Å².